The summed E-state index contributed by atoms with van der Waals surface area (Å²) in [7, 11) is 0. The van der Waals surface area contributed by atoms with E-state index in [1.807, 2.05) is 12.1 Å². The monoisotopic (exact) mass is 381 g/mol. The highest BCUT2D eigenvalue weighted by atomic mass is 32.2. The van der Waals surface area contributed by atoms with E-state index in [0.29, 0.717) is 23.1 Å². The Morgan fingerprint density at radius 1 is 1.23 bits per heavy atom. The highest BCUT2D eigenvalue weighted by Gasteiger charge is 2.32. The maximum Gasteiger partial charge on any atom is 0.431 e. The first-order chi connectivity index (χ1) is 12.3. The molecule has 26 heavy (non-hydrogen) atoms. The Balaban J connectivity index is 1.84. The fourth-order valence-electron chi connectivity index (χ4n) is 2.09. The van der Waals surface area contributed by atoms with Gasteiger partial charge in [-0.25, -0.2) is 0 Å². The van der Waals surface area contributed by atoms with Gasteiger partial charge in [-0.3, -0.25) is 9.59 Å². The molecule has 1 aromatic heterocycles. The third-order valence-corrected chi connectivity index (χ3v) is 4.39. The van der Waals surface area contributed by atoms with Crippen LogP contribution in [-0.2, 0) is 11.9 Å². The third-order valence-electron chi connectivity index (χ3n) is 3.39. The van der Waals surface area contributed by atoms with Gasteiger partial charge in [0, 0.05) is 18.1 Å². The van der Waals surface area contributed by atoms with Crippen LogP contribution in [-0.4, -0.2) is 23.2 Å². The number of benzene rings is 1. The number of hydrogen-bond donors (Lipinski definition) is 2. The summed E-state index contributed by atoms with van der Waals surface area (Å²) in [6.07, 6.45) is -4.68. The molecule has 0 unspecified atom stereocenters. The van der Waals surface area contributed by atoms with Crippen LogP contribution in [0, 0.1) is 11.3 Å². The van der Waals surface area contributed by atoms with Crippen LogP contribution in [0.3, 0.4) is 0 Å². The summed E-state index contributed by atoms with van der Waals surface area (Å²) >= 11 is 1.48. The molecule has 0 aliphatic heterocycles. The molecule has 136 valence electrons. The van der Waals surface area contributed by atoms with Gasteiger partial charge in [0.25, 0.3) is 11.5 Å². The van der Waals surface area contributed by atoms with E-state index in [0.717, 1.165) is 11.6 Å². The van der Waals surface area contributed by atoms with Crippen molar-refractivity contribution in [2.75, 3.05) is 12.3 Å². The van der Waals surface area contributed by atoms with Gasteiger partial charge in [0.15, 0.2) is 0 Å². The number of pyridine rings is 1. The number of rotatable bonds is 6. The molecule has 0 bridgehead atoms. The average Bonchev–Trinajstić information content (AvgIpc) is 2.60. The fraction of sp³-hybridized carbons (Fsp3) is 0.235. The van der Waals surface area contributed by atoms with Crippen molar-refractivity contribution in [1.82, 2.24) is 10.3 Å². The zero-order valence-electron chi connectivity index (χ0n) is 13.4. The molecule has 0 saturated heterocycles. The topological polar surface area (TPSA) is 85.8 Å². The van der Waals surface area contributed by atoms with Crippen LogP contribution in [0.2, 0.25) is 0 Å². The molecule has 2 N–H and O–H groups in total. The summed E-state index contributed by atoms with van der Waals surface area (Å²) < 4.78 is 37.5. The van der Waals surface area contributed by atoms with E-state index < -0.39 is 23.3 Å². The minimum absolute atomic E-state index is 0.235. The van der Waals surface area contributed by atoms with Gasteiger partial charge in [-0.2, -0.15) is 30.2 Å². The van der Waals surface area contributed by atoms with Crippen molar-refractivity contribution < 1.29 is 18.0 Å². The first kappa shape index (κ1) is 19.6. The average molecular weight is 381 g/mol. The number of nitrogens with one attached hydrogen (secondary N) is 2. The smallest absolute Gasteiger partial charge is 0.351 e. The Morgan fingerprint density at radius 2 is 1.96 bits per heavy atom. The fourth-order valence-corrected chi connectivity index (χ4v) is 2.95. The van der Waals surface area contributed by atoms with E-state index in [9.17, 15) is 22.8 Å². The van der Waals surface area contributed by atoms with E-state index in [1.54, 1.807) is 17.1 Å². The quantitative estimate of drug-likeness (QED) is 0.754. The number of H-pyrrole nitrogens is 1. The van der Waals surface area contributed by atoms with Gasteiger partial charge in [-0.15, -0.1) is 0 Å². The molecule has 0 spiro atoms. The van der Waals surface area contributed by atoms with Crippen LogP contribution in [0.5, 0.6) is 0 Å². The van der Waals surface area contributed by atoms with Crippen LogP contribution in [0.4, 0.5) is 13.2 Å². The summed E-state index contributed by atoms with van der Waals surface area (Å²) in [5, 5.41) is 11.5. The Hall–Kier alpha value is -2.73. The van der Waals surface area contributed by atoms with E-state index in [-0.39, 0.29) is 12.1 Å². The SMILES string of the molecule is N#Cc1ccccc1CSCCNC(=O)c1ccc(C(F)(F)F)[nH]c1=O. The summed E-state index contributed by atoms with van der Waals surface area (Å²) in [6, 6.07) is 10.8. The predicted octanol–water partition coefficient (Wildman–Crippen LogP) is 2.93. The van der Waals surface area contributed by atoms with Gasteiger partial charge >= 0.3 is 6.18 Å². The van der Waals surface area contributed by atoms with Crippen LogP contribution in [0.1, 0.15) is 27.2 Å². The summed E-state index contributed by atoms with van der Waals surface area (Å²) in [6.45, 7) is 0.235. The van der Waals surface area contributed by atoms with E-state index in [1.165, 1.54) is 11.8 Å². The number of halogens is 3. The molecule has 0 saturated carbocycles. The second-order valence-electron chi connectivity index (χ2n) is 5.19. The summed E-state index contributed by atoms with van der Waals surface area (Å²) in [5.74, 6) is 0.364. The zero-order valence-corrected chi connectivity index (χ0v) is 14.2. The van der Waals surface area contributed by atoms with Gasteiger partial charge < -0.3 is 10.3 Å². The molecule has 1 aromatic carbocycles. The van der Waals surface area contributed by atoms with Gasteiger partial charge in [-0.1, -0.05) is 18.2 Å². The van der Waals surface area contributed by atoms with Crippen LogP contribution in [0.25, 0.3) is 0 Å². The molecule has 1 amide bonds. The van der Waals surface area contributed by atoms with Crippen LogP contribution in [0.15, 0.2) is 41.2 Å². The number of amides is 1. The number of carbonyl (C=O) groups is 1. The molecule has 1 heterocycles. The summed E-state index contributed by atoms with van der Waals surface area (Å²) in [5.41, 5.74) is -1.21. The normalized spacial score (nSPS) is 11.0. The van der Waals surface area contributed by atoms with Crippen molar-refractivity contribution in [3.63, 3.8) is 0 Å². The first-order valence-electron chi connectivity index (χ1n) is 7.47. The lowest BCUT2D eigenvalue weighted by molar-refractivity contribution is -0.141. The van der Waals surface area contributed by atoms with Crippen molar-refractivity contribution in [2.24, 2.45) is 0 Å². The lowest BCUT2D eigenvalue weighted by Gasteiger charge is -2.08. The van der Waals surface area contributed by atoms with E-state index in [4.69, 9.17) is 5.26 Å². The first-order valence-corrected chi connectivity index (χ1v) is 8.63. The second-order valence-corrected chi connectivity index (χ2v) is 6.30. The number of aromatic nitrogens is 1. The number of thioether (sulfide) groups is 1. The molecule has 0 radical (unpaired) electrons. The number of alkyl halides is 3. The van der Waals surface area contributed by atoms with Gasteiger partial charge in [-0.05, 0) is 23.8 Å². The molecule has 0 aliphatic carbocycles. The molecule has 0 fully saturated rings. The minimum atomic E-state index is -4.68. The van der Waals surface area contributed by atoms with Crippen LogP contribution >= 0.6 is 11.8 Å². The Labute approximate surface area is 151 Å². The van der Waals surface area contributed by atoms with Crippen LogP contribution < -0.4 is 10.9 Å². The lowest BCUT2D eigenvalue weighted by Crippen LogP contribution is -2.32. The van der Waals surface area contributed by atoms with E-state index in [2.05, 4.69) is 11.4 Å². The van der Waals surface area contributed by atoms with Crippen molar-refractivity contribution in [3.8, 4) is 6.07 Å². The molecule has 5 nitrogen and oxygen atoms in total. The number of nitrogens with zero attached hydrogens (tertiary/aromatic N) is 1. The third kappa shape index (κ3) is 5.13. The van der Waals surface area contributed by atoms with Gasteiger partial charge in [0.2, 0.25) is 0 Å². The number of aromatic amines is 1. The predicted molar refractivity (Wildman–Crippen MR) is 91.7 cm³/mol. The number of carbonyl (C=O) groups excluding carboxylic acids is 1. The Bertz CT molecular complexity index is 888. The van der Waals surface area contributed by atoms with Crippen molar-refractivity contribution in [3.05, 3.63) is 69.1 Å². The molecular weight excluding hydrogens is 367 g/mol. The lowest BCUT2D eigenvalue weighted by atomic mass is 10.1. The second kappa shape index (κ2) is 8.58. The molecule has 2 aromatic rings. The van der Waals surface area contributed by atoms with Gasteiger partial charge in [0.1, 0.15) is 11.3 Å². The Morgan fingerprint density at radius 3 is 2.62 bits per heavy atom. The molecule has 9 heteroatoms. The molecule has 0 aliphatic rings. The van der Waals surface area contributed by atoms with Crippen molar-refractivity contribution in [2.45, 2.75) is 11.9 Å². The molecule has 2 rings (SSSR count). The minimum Gasteiger partial charge on any atom is -0.351 e. The van der Waals surface area contributed by atoms with Gasteiger partial charge in [0.05, 0.1) is 11.6 Å². The maximum absolute atomic E-state index is 12.5. The summed E-state index contributed by atoms with van der Waals surface area (Å²) in [4.78, 5) is 25.2. The molecular formula is C17H14F3N3O2S. The Kier molecular flexibility index (Phi) is 6.46. The number of hydrogen-bond acceptors (Lipinski definition) is 4. The van der Waals surface area contributed by atoms with Crippen molar-refractivity contribution >= 4 is 17.7 Å². The largest absolute Gasteiger partial charge is 0.431 e. The van der Waals surface area contributed by atoms with Crippen molar-refractivity contribution in [1.29, 1.82) is 5.26 Å². The standard InChI is InChI=1S/C17H14F3N3O2S/c18-17(19,20)14-6-5-13(16(25)23-14)15(24)22-7-8-26-10-12-4-2-1-3-11(12)9-21/h1-6H,7-8,10H2,(H,22,24)(H,23,25). The maximum atomic E-state index is 12.5. The van der Waals surface area contributed by atoms with E-state index >= 15 is 0 Å². The highest BCUT2D eigenvalue weighted by molar-refractivity contribution is 7.98. The highest BCUT2D eigenvalue weighted by Crippen LogP contribution is 2.26. The zero-order chi connectivity index (χ0) is 19.2. The number of nitriles is 1. The molecule has 0 atom stereocenters.